The van der Waals surface area contributed by atoms with E-state index in [-0.39, 0.29) is 18.6 Å². The molecule has 4 rings (SSSR count). The Morgan fingerprint density at radius 2 is 2.03 bits per heavy atom. The van der Waals surface area contributed by atoms with Crippen LogP contribution in [0.4, 0.5) is 5.82 Å². The number of aliphatic hydroxyl groups is 1. The molecule has 0 radical (unpaired) electrons. The van der Waals surface area contributed by atoms with Crippen molar-refractivity contribution in [3.63, 3.8) is 0 Å². The van der Waals surface area contributed by atoms with Gasteiger partial charge < -0.3 is 15.3 Å². The quantitative estimate of drug-likeness (QED) is 0.697. The number of carbonyl (C=O) groups is 1. The van der Waals surface area contributed by atoms with Crippen LogP contribution in [0.25, 0.3) is 11.4 Å². The van der Waals surface area contributed by atoms with Gasteiger partial charge in [-0.1, -0.05) is 30.3 Å². The molecule has 0 spiro atoms. The zero-order valence-corrected chi connectivity index (χ0v) is 16.2. The summed E-state index contributed by atoms with van der Waals surface area (Å²) in [4.78, 5) is 27.3. The Morgan fingerprint density at radius 1 is 1.21 bits per heavy atom. The molecular weight excluding hydrogens is 366 g/mol. The first kappa shape index (κ1) is 19.0. The number of nitrogens with one attached hydrogen (secondary N) is 1. The lowest BCUT2D eigenvalue weighted by molar-refractivity contribution is -0.129. The summed E-state index contributed by atoms with van der Waals surface area (Å²) in [5, 5.41) is 13.4. The number of pyridine rings is 1. The average molecular weight is 389 g/mol. The minimum absolute atomic E-state index is 0.0317. The number of hydrogen-bond donors (Lipinski definition) is 2. The van der Waals surface area contributed by atoms with E-state index in [0.29, 0.717) is 31.2 Å². The number of benzene rings is 1. The summed E-state index contributed by atoms with van der Waals surface area (Å²) < 4.78 is 0. The number of nitrogens with zero attached hydrogens (tertiary/aromatic N) is 4. The zero-order valence-electron chi connectivity index (χ0n) is 16.2. The van der Waals surface area contributed by atoms with Crippen molar-refractivity contribution in [3.8, 4) is 11.4 Å². The van der Waals surface area contributed by atoms with Crippen LogP contribution in [0.1, 0.15) is 29.8 Å². The number of fused-ring (bicyclic) bond motifs is 1. The van der Waals surface area contributed by atoms with Gasteiger partial charge >= 0.3 is 0 Å². The normalized spacial score (nSPS) is 14.2. The molecule has 29 heavy (non-hydrogen) atoms. The van der Waals surface area contributed by atoms with Crippen molar-refractivity contribution in [3.05, 3.63) is 71.7 Å². The van der Waals surface area contributed by atoms with Crippen LogP contribution in [0.15, 0.2) is 54.9 Å². The summed E-state index contributed by atoms with van der Waals surface area (Å²) in [6.45, 7) is 2.58. The van der Waals surface area contributed by atoms with Crippen molar-refractivity contribution in [2.45, 2.75) is 25.9 Å². The zero-order chi connectivity index (χ0) is 20.2. The van der Waals surface area contributed by atoms with Gasteiger partial charge in [0.05, 0.1) is 24.9 Å². The van der Waals surface area contributed by atoms with Gasteiger partial charge in [-0.2, -0.15) is 0 Å². The number of carbonyl (C=O) groups excluding carboxylic acids is 1. The van der Waals surface area contributed by atoms with Crippen LogP contribution in [0.5, 0.6) is 0 Å². The maximum Gasteiger partial charge on any atom is 0.219 e. The van der Waals surface area contributed by atoms with Gasteiger partial charge in [0.2, 0.25) is 5.91 Å². The fourth-order valence-electron chi connectivity index (χ4n) is 3.53. The highest BCUT2D eigenvalue weighted by atomic mass is 16.3. The van der Waals surface area contributed by atoms with Crippen LogP contribution in [0.3, 0.4) is 0 Å². The summed E-state index contributed by atoms with van der Waals surface area (Å²) in [5.41, 5.74) is 3.60. The van der Waals surface area contributed by atoms with Gasteiger partial charge in [0.25, 0.3) is 0 Å². The van der Waals surface area contributed by atoms with Crippen molar-refractivity contribution in [2.75, 3.05) is 18.5 Å². The Morgan fingerprint density at radius 3 is 2.72 bits per heavy atom. The maximum absolute atomic E-state index is 11.9. The molecule has 148 valence electrons. The summed E-state index contributed by atoms with van der Waals surface area (Å²) in [6, 6.07) is 13.2. The topological polar surface area (TPSA) is 91.2 Å². The molecule has 7 heteroatoms. The van der Waals surface area contributed by atoms with Gasteiger partial charge in [0.1, 0.15) is 5.82 Å². The molecule has 1 aliphatic rings. The Labute approximate surface area is 169 Å². The third-order valence-corrected chi connectivity index (χ3v) is 5.13. The Kier molecular flexibility index (Phi) is 5.48. The molecule has 3 aromatic rings. The molecule has 0 unspecified atom stereocenters. The highest BCUT2D eigenvalue weighted by Crippen LogP contribution is 2.29. The Balaban J connectivity index is 1.76. The SMILES string of the molecule is CC(=O)N1CCc2c(nc(-c3cccnc3)nc2N[C@H](CO)c2ccccc2)C1. The number of aliphatic hydroxyl groups excluding tert-OH is 1. The minimum Gasteiger partial charge on any atom is -0.394 e. The average Bonchev–Trinajstić information content (AvgIpc) is 2.77. The molecule has 0 aliphatic carbocycles. The van der Waals surface area contributed by atoms with E-state index in [4.69, 9.17) is 9.97 Å². The lowest BCUT2D eigenvalue weighted by Crippen LogP contribution is -2.35. The van der Waals surface area contributed by atoms with E-state index >= 15 is 0 Å². The maximum atomic E-state index is 11.9. The number of amides is 1. The summed E-state index contributed by atoms with van der Waals surface area (Å²) >= 11 is 0. The number of rotatable bonds is 5. The highest BCUT2D eigenvalue weighted by Gasteiger charge is 2.25. The fourth-order valence-corrected chi connectivity index (χ4v) is 3.53. The molecule has 1 aliphatic heterocycles. The summed E-state index contributed by atoms with van der Waals surface area (Å²) in [5.74, 6) is 1.28. The van der Waals surface area contributed by atoms with Gasteiger partial charge in [-0.3, -0.25) is 9.78 Å². The van der Waals surface area contributed by atoms with E-state index in [0.717, 1.165) is 22.4 Å². The molecule has 1 amide bonds. The van der Waals surface area contributed by atoms with Crippen LogP contribution in [0, 0.1) is 0 Å². The molecular formula is C22H23N5O2. The standard InChI is InChI=1S/C22H23N5O2/c1-15(29)27-11-9-18-19(13-27)24-21(17-8-5-10-23-12-17)26-22(18)25-20(14-28)16-6-3-2-4-7-16/h2-8,10,12,20,28H,9,11,13-14H2,1H3,(H,24,25,26)/t20-/m1/s1. The van der Waals surface area contributed by atoms with Crippen LogP contribution < -0.4 is 5.32 Å². The first-order valence-corrected chi connectivity index (χ1v) is 9.63. The Hall–Kier alpha value is -3.32. The third-order valence-electron chi connectivity index (χ3n) is 5.13. The van der Waals surface area contributed by atoms with Gasteiger partial charge in [0, 0.05) is 37.0 Å². The molecule has 0 saturated heterocycles. The van der Waals surface area contributed by atoms with E-state index in [2.05, 4.69) is 10.3 Å². The fraction of sp³-hybridized carbons (Fsp3) is 0.273. The largest absolute Gasteiger partial charge is 0.394 e. The molecule has 1 atom stereocenters. The number of anilines is 1. The summed E-state index contributed by atoms with van der Waals surface area (Å²) in [6.07, 6.45) is 4.09. The smallest absolute Gasteiger partial charge is 0.219 e. The molecule has 7 nitrogen and oxygen atoms in total. The minimum atomic E-state index is -0.289. The molecule has 0 bridgehead atoms. The Bertz CT molecular complexity index is 995. The molecule has 2 aromatic heterocycles. The van der Waals surface area contributed by atoms with E-state index in [1.54, 1.807) is 24.2 Å². The number of aromatic nitrogens is 3. The second-order valence-corrected chi connectivity index (χ2v) is 7.04. The van der Waals surface area contributed by atoms with E-state index in [1.165, 1.54) is 0 Å². The van der Waals surface area contributed by atoms with Crippen molar-refractivity contribution in [1.82, 2.24) is 19.9 Å². The molecule has 0 saturated carbocycles. The predicted octanol–water partition coefficient (Wildman–Crippen LogP) is 2.59. The molecule has 0 fully saturated rings. The lowest BCUT2D eigenvalue weighted by atomic mass is 10.0. The van der Waals surface area contributed by atoms with Gasteiger partial charge in [-0.15, -0.1) is 0 Å². The molecule has 3 heterocycles. The van der Waals surface area contributed by atoms with Gasteiger partial charge in [0.15, 0.2) is 5.82 Å². The van der Waals surface area contributed by atoms with Gasteiger partial charge in [-0.05, 0) is 24.1 Å². The second kappa shape index (κ2) is 8.36. The predicted molar refractivity (Wildman–Crippen MR) is 110 cm³/mol. The first-order valence-electron chi connectivity index (χ1n) is 9.63. The van der Waals surface area contributed by atoms with E-state index < -0.39 is 0 Å². The molecule has 1 aromatic carbocycles. The molecule has 2 N–H and O–H groups in total. The van der Waals surface area contributed by atoms with Crippen LogP contribution in [0.2, 0.25) is 0 Å². The van der Waals surface area contributed by atoms with Gasteiger partial charge in [-0.25, -0.2) is 9.97 Å². The highest BCUT2D eigenvalue weighted by molar-refractivity contribution is 5.74. The van der Waals surface area contributed by atoms with E-state index in [1.807, 2.05) is 42.5 Å². The van der Waals surface area contributed by atoms with Crippen LogP contribution >= 0.6 is 0 Å². The summed E-state index contributed by atoms with van der Waals surface area (Å²) in [7, 11) is 0. The second-order valence-electron chi connectivity index (χ2n) is 7.04. The van der Waals surface area contributed by atoms with E-state index in [9.17, 15) is 9.90 Å². The number of hydrogen-bond acceptors (Lipinski definition) is 6. The third kappa shape index (κ3) is 4.09. The van der Waals surface area contributed by atoms with Crippen molar-refractivity contribution in [1.29, 1.82) is 0 Å². The van der Waals surface area contributed by atoms with Crippen molar-refractivity contribution < 1.29 is 9.90 Å². The van der Waals surface area contributed by atoms with Crippen molar-refractivity contribution in [2.24, 2.45) is 0 Å². The van der Waals surface area contributed by atoms with Crippen molar-refractivity contribution >= 4 is 11.7 Å². The lowest BCUT2D eigenvalue weighted by Gasteiger charge is -2.29. The van der Waals surface area contributed by atoms with Crippen LogP contribution in [-0.2, 0) is 17.8 Å². The first-order chi connectivity index (χ1) is 14.2. The van der Waals surface area contributed by atoms with Crippen LogP contribution in [-0.4, -0.2) is 44.0 Å². The monoisotopic (exact) mass is 389 g/mol.